The van der Waals surface area contributed by atoms with Crippen molar-refractivity contribution in [2.24, 2.45) is 0 Å². The molecule has 0 aromatic carbocycles. The maximum Gasteiger partial charge on any atom is 0.326 e. The fourth-order valence-corrected chi connectivity index (χ4v) is 2.84. The Labute approximate surface area is 121 Å². The lowest BCUT2D eigenvalue weighted by molar-refractivity contribution is -0.147. The molecule has 1 saturated carbocycles. The Hall–Kier alpha value is -1.44. The monoisotopic (exact) mass is 304 g/mol. The van der Waals surface area contributed by atoms with Crippen LogP contribution < -0.4 is 10.6 Å². The van der Waals surface area contributed by atoms with Gasteiger partial charge in [0, 0.05) is 11.3 Å². The van der Waals surface area contributed by atoms with Crippen molar-refractivity contribution in [3.63, 3.8) is 0 Å². The molecule has 0 radical (unpaired) electrons. The number of amides is 2. The maximum absolute atomic E-state index is 11.7. The minimum Gasteiger partial charge on any atom is -0.480 e. The number of carboxylic acid groups (broad SMARTS) is 1. The molecule has 114 valence electrons. The summed E-state index contributed by atoms with van der Waals surface area (Å²) in [5, 5.41) is 13.9. The van der Waals surface area contributed by atoms with Crippen molar-refractivity contribution in [3.05, 3.63) is 0 Å². The molecule has 0 unspecified atom stereocenters. The quantitative estimate of drug-likeness (QED) is 0.595. The first-order valence-corrected chi connectivity index (χ1v) is 7.54. The number of rotatable bonds is 7. The summed E-state index contributed by atoms with van der Waals surface area (Å²) in [6.45, 7) is 0.491. The molecule has 0 aromatic rings. The molecule has 8 heteroatoms. The Morgan fingerprint density at radius 1 is 1.40 bits per heavy atom. The molecule has 7 nitrogen and oxygen atoms in total. The number of hydrogen-bond donors (Lipinski definition) is 3. The van der Waals surface area contributed by atoms with Gasteiger partial charge in [-0.2, -0.15) is 11.8 Å². The minimum atomic E-state index is -1.28. The molecule has 20 heavy (non-hydrogen) atoms. The van der Waals surface area contributed by atoms with E-state index in [1.54, 1.807) is 11.8 Å². The third-order valence-corrected chi connectivity index (χ3v) is 4.89. The summed E-state index contributed by atoms with van der Waals surface area (Å²) in [6.07, 6.45) is 4.82. The highest BCUT2D eigenvalue weighted by Gasteiger charge is 2.36. The van der Waals surface area contributed by atoms with Crippen LogP contribution in [0.5, 0.6) is 0 Å². The standard InChI is InChI=1S/C12H20N2O5S/c1-19-9(15)6-8(10(16)17)14-11(18)13-7-12(20-2)4-3-5-12/h8H,3-7H2,1-2H3,(H,16,17)(H2,13,14,18)/t8-/m0/s1. The number of hydrogen-bond acceptors (Lipinski definition) is 5. The zero-order chi connectivity index (χ0) is 15.2. The lowest BCUT2D eigenvalue weighted by Gasteiger charge is -2.40. The molecule has 1 atom stereocenters. The second-order valence-electron chi connectivity index (χ2n) is 4.74. The average molecular weight is 304 g/mol. The minimum absolute atomic E-state index is 0.0679. The number of nitrogens with one attached hydrogen (secondary N) is 2. The predicted molar refractivity (Wildman–Crippen MR) is 74.7 cm³/mol. The molecule has 0 aromatic heterocycles. The van der Waals surface area contributed by atoms with Gasteiger partial charge in [0.05, 0.1) is 13.5 Å². The number of methoxy groups -OCH3 is 1. The van der Waals surface area contributed by atoms with Gasteiger partial charge in [0.1, 0.15) is 6.04 Å². The number of aliphatic carboxylic acids is 1. The molecule has 0 spiro atoms. The molecule has 1 rings (SSSR count). The Morgan fingerprint density at radius 3 is 2.45 bits per heavy atom. The molecule has 1 fully saturated rings. The van der Waals surface area contributed by atoms with Gasteiger partial charge in [-0.25, -0.2) is 9.59 Å². The normalized spacial score (nSPS) is 17.5. The Kier molecular flexibility index (Phi) is 6.12. The van der Waals surface area contributed by atoms with Gasteiger partial charge in [-0.3, -0.25) is 4.79 Å². The number of thioether (sulfide) groups is 1. The number of carbonyl (C=O) groups excluding carboxylic acids is 2. The van der Waals surface area contributed by atoms with Crippen molar-refractivity contribution in [2.75, 3.05) is 19.9 Å². The van der Waals surface area contributed by atoms with E-state index < -0.39 is 30.4 Å². The molecule has 0 saturated heterocycles. The van der Waals surface area contributed by atoms with Crippen LogP contribution in [0.1, 0.15) is 25.7 Å². The summed E-state index contributed by atoms with van der Waals surface area (Å²) in [7, 11) is 1.17. The second-order valence-corrected chi connectivity index (χ2v) is 6.01. The summed E-state index contributed by atoms with van der Waals surface area (Å²) in [4.78, 5) is 33.7. The zero-order valence-electron chi connectivity index (χ0n) is 11.6. The number of esters is 1. The first-order valence-electron chi connectivity index (χ1n) is 6.31. The van der Waals surface area contributed by atoms with Gasteiger partial charge in [0.2, 0.25) is 0 Å². The summed E-state index contributed by atoms with van der Waals surface area (Å²) in [5.41, 5.74) is 0. The third kappa shape index (κ3) is 4.59. The van der Waals surface area contributed by atoms with E-state index in [9.17, 15) is 14.4 Å². The molecule has 0 bridgehead atoms. The van der Waals surface area contributed by atoms with E-state index in [2.05, 4.69) is 15.4 Å². The Bertz CT molecular complexity index is 379. The van der Waals surface area contributed by atoms with Gasteiger partial charge in [-0.15, -0.1) is 0 Å². The van der Waals surface area contributed by atoms with E-state index in [0.717, 1.165) is 19.3 Å². The van der Waals surface area contributed by atoms with Crippen LogP contribution in [-0.4, -0.2) is 53.8 Å². The fraction of sp³-hybridized carbons (Fsp3) is 0.750. The zero-order valence-corrected chi connectivity index (χ0v) is 12.4. The maximum atomic E-state index is 11.7. The summed E-state index contributed by atoms with van der Waals surface area (Å²) in [6, 6.07) is -1.87. The lowest BCUT2D eigenvalue weighted by atomic mass is 9.84. The van der Waals surface area contributed by atoms with E-state index >= 15 is 0 Å². The predicted octanol–water partition coefficient (Wildman–Crippen LogP) is 0.588. The number of urea groups is 1. The van der Waals surface area contributed by atoms with E-state index in [1.807, 2.05) is 6.26 Å². The Morgan fingerprint density at radius 2 is 2.05 bits per heavy atom. The third-order valence-electron chi connectivity index (χ3n) is 3.47. The topological polar surface area (TPSA) is 105 Å². The molecule has 1 aliphatic rings. The first kappa shape index (κ1) is 16.6. The Balaban J connectivity index is 2.41. The van der Waals surface area contributed by atoms with Crippen LogP contribution in [0.2, 0.25) is 0 Å². The van der Waals surface area contributed by atoms with E-state index in [1.165, 1.54) is 7.11 Å². The van der Waals surface area contributed by atoms with Gasteiger partial charge in [0.25, 0.3) is 0 Å². The van der Waals surface area contributed by atoms with Crippen LogP contribution in [0.15, 0.2) is 0 Å². The van der Waals surface area contributed by atoms with Gasteiger partial charge in [0.15, 0.2) is 0 Å². The number of ether oxygens (including phenoxy) is 1. The highest BCUT2D eigenvalue weighted by atomic mass is 32.2. The van der Waals surface area contributed by atoms with Crippen LogP contribution >= 0.6 is 11.8 Å². The number of carboxylic acids is 1. The van der Waals surface area contributed by atoms with Gasteiger partial charge >= 0.3 is 18.0 Å². The fourth-order valence-electron chi connectivity index (χ4n) is 1.92. The van der Waals surface area contributed by atoms with Crippen LogP contribution in [0.4, 0.5) is 4.79 Å². The SMILES string of the molecule is COC(=O)C[C@H](NC(=O)NCC1(SC)CCC1)C(=O)O. The molecular formula is C12H20N2O5S. The van der Waals surface area contributed by atoms with Crippen LogP contribution in [0.25, 0.3) is 0 Å². The van der Waals surface area contributed by atoms with Crippen molar-refractivity contribution in [3.8, 4) is 0 Å². The van der Waals surface area contributed by atoms with E-state index in [4.69, 9.17) is 5.11 Å². The molecule has 0 aliphatic heterocycles. The van der Waals surface area contributed by atoms with Crippen molar-refractivity contribution in [1.29, 1.82) is 0 Å². The molecule has 2 amide bonds. The molecule has 0 heterocycles. The molecule has 3 N–H and O–H groups in total. The summed E-state index contributed by atoms with van der Waals surface area (Å²) < 4.78 is 4.46. The van der Waals surface area contributed by atoms with Crippen molar-refractivity contribution in [2.45, 2.75) is 36.5 Å². The van der Waals surface area contributed by atoms with Crippen LogP contribution in [-0.2, 0) is 14.3 Å². The summed E-state index contributed by atoms with van der Waals surface area (Å²) >= 11 is 1.71. The van der Waals surface area contributed by atoms with Crippen molar-refractivity contribution in [1.82, 2.24) is 10.6 Å². The molecular weight excluding hydrogens is 284 g/mol. The lowest BCUT2D eigenvalue weighted by Crippen LogP contribution is -2.52. The van der Waals surface area contributed by atoms with E-state index in [-0.39, 0.29) is 4.75 Å². The average Bonchev–Trinajstić information content (AvgIpc) is 2.36. The van der Waals surface area contributed by atoms with Crippen LogP contribution in [0, 0.1) is 0 Å². The first-order chi connectivity index (χ1) is 9.42. The number of carbonyl (C=O) groups is 3. The highest BCUT2D eigenvalue weighted by Crippen LogP contribution is 2.42. The second kappa shape index (κ2) is 7.37. The highest BCUT2D eigenvalue weighted by molar-refractivity contribution is 8.00. The van der Waals surface area contributed by atoms with Crippen molar-refractivity contribution < 1.29 is 24.2 Å². The van der Waals surface area contributed by atoms with Gasteiger partial charge in [-0.1, -0.05) is 6.42 Å². The van der Waals surface area contributed by atoms with Crippen LogP contribution in [0.3, 0.4) is 0 Å². The smallest absolute Gasteiger partial charge is 0.326 e. The molecule has 1 aliphatic carbocycles. The van der Waals surface area contributed by atoms with E-state index in [0.29, 0.717) is 6.54 Å². The largest absolute Gasteiger partial charge is 0.480 e. The van der Waals surface area contributed by atoms with Gasteiger partial charge in [-0.05, 0) is 19.1 Å². The van der Waals surface area contributed by atoms with Gasteiger partial charge < -0.3 is 20.5 Å². The summed E-state index contributed by atoms with van der Waals surface area (Å²) in [5.74, 6) is -1.95. The van der Waals surface area contributed by atoms with Crippen molar-refractivity contribution >= 4 is 29.7 Å².